The third-order valence-corrected chi connectivity index (χ3v) is 4.42. The largest absolute Gasteiger partial charge is 0.347 e. The maximum Gasteiger partial charge on any atom is 0.269 e. The number of amides is 1. The average Bonchev–Trinajstić information content (AvgIpc) is 2.83. The molecule has 1 aliphatic rings. The Labute approximate surface area is 142 Å². The number of hydrogen-bond donors (Lipinski definition) is 2. The Morgan fingerprint density at radius 3 is 2.43 bits per heavy atom. The zero-order valence-electron chi connectivity index (χ0n) is 13.5. The van der Waals surface area contributed by atoms with E-state index in [9.17, 15) is 14.9 Å². The predicted octanol–water partition coefficient (Wildman–Crippen LogP) is 2.89. The fourth-order valence-electron chi connectivity index (χ4n) is 3.03. The molecule has 0 bridgehead atoms. The highest BCUT2D eigenvalue weighted by Gasteiger charge is 2.29. The molecule has 6 nitrogen and oxygen atoms in total. The van der Waals surface area contributed by atoms with Gasteiger partial charge in [0.05, 0.1) is 10.5 Å². The van der Waals surface area contributed by atoms with Crippen LogP contribution in [0, 0.1) is 16.0 Å². The molecule has 0 radical (unpaired) electrons. The Morgan fingerprint density at radius 2 is 1.96 bits per heavy atom. The van der Waals surface area contributed by atoms with Crippen molar-refractivity contribution in [2.24, 2.45) is 11.7 Å². The summed E-state index contributed by atoms with van der Waals surface area (Å²) in [6.45, 7) is 3.78. The van der Waals surface area contributed by atoms with Gasteiger partial charge in [-0.05, 0) is 50.3 Å². The number of nitrogens with zero attached hydrogens (tertiary/aromatic N) is 1. The third-order valence-electron chi connectivity index (χ3n) is 4.42. The summed E-state index contributed by atoms with van der Waals surface area (Å²) in [4.78, 5) is 22.5. The van der Waals surface area contributed by atoms with Crippen molar-refractivity contribution < 1.29 is 9.72 Å². The van der Waals surface area contributed by atoms with Gasteiger partial charge in [-0.2, -0.15) is 0 Å². The second-order valence-electron chi connectivity index (χ2n) is 6.54. The van der Waals surface area contributed by atoms with E-state index < -0.39 is 10.5 Å². The third kappa shape index (κ3) is 4.91. The number of nitro groups is 1. The average molecular weight is 342 g/mol. The number of halogens is 1. The van der Waals surface area contributed by atoms with Crippen LogP contribution >= 0.6 is 12.4 Å². The Kier molecular flexibility index (Phi) is 6.53. The lowest BCUT2D eigenvalue weighted by Crippen LogP contribution is -2.42. The van der Waals surface area contributed by atoms with Crippen LogP contribution in [0.2, 0.25) is 0 Å². The van der Waals surface area contributed by atoms with E-state index in [0.717, 1.165) is 24.8 Å². The van der Waals surface area contributed by atoms with E-state index in [1.807, 2.05) is 13.8 Å². The SMILES string of the molecule is CC(C)(NC(=O)C[C@@H]1CCC[C@H]1N)c1ccc([N+](=O)[O-])cc1.Cl. The highest BCUT2D eigenvalue weighted by Crippen LogP contribution is 2.28. The van der Waals surface area contributed by atoms with Crippen molar-refractivity contribution in [2.75, 3.05) is 0 Å². The lowest BCUT2D eigenvalue weighted by atomic mass is 9.92. The number of benzene rings is 1. The molecule has 0 unspecified atom stereocenters. The molecule has 0 saturated heterocycles. The normalized spacial score (nSPS) is 20.7. The van der Waals surface area contributed by atoms with Crippen LogP contribution in [-0.4, -0.2) is 16.9 Å². The first-order valence-corrected chi connectivity index (χ1v) is 7.61. The van der Waals surface area contributed by atoms with Gasteiger partial charge in [0.2, 0.25) is 5.91 Å². The monoisotopic (exact) mass is 341 g/mol. The molecule has 23 heavy (non-hydrogen) atoms. The van der Waals surface area contributed by atoms with E-state index >= 15 is 0 Å². The molecule has 1 aliphatic carbocycles. The van der Waals surface area contributed by atoms with Gasteiger partial charge in [-0.1, -0.05) is 6.42 Å². The first-order chi connectivity index (χ1) is 10.3. The van der Waals surface area contributed by atoms with Crippen molar-refractivity contribution in [3.63, 3.8) is 0 Å². The van der Waals surface area contributed by atoms with Crippen LogP contribution in [0.5, 0.6) is 0 Å². The Balaban J connectivity index is 0.00000264. The van der Waals surface area contributed by atoms with Crippen LogP contribution in [0.3, 0.4) is 0 Å². The molecule has 7 heteroatoms. The van der Waals surface area contributed by atoms with Gasteiger partial charge in [0.15, 0.2) is 0 Å². The minimum absolute atomic E-state index is 0. The zero-order chi connectivity index (χ0) is 16.3. The first-order valence-electron chi connectivity index (χ1n) is 7.61. The van der Waals surface area contributed by atoms with E-state index in [1.165, 1.54) is 12.1 Å². The van der Waals surface area contributed by atoms with E-state index in [1.54, 1.807) is 12.1 Å². The summed E-state index contributed by atoms with van der Waals surface area (Å²) in [6, 6.07) is 6.39. The van der Waals surface area contributed by atoms with Crippen LogP contribution in [-0.2, 0) is 10.3 Å². The molecular formula is C16H24ClN3O3. The van der Waals surface area contributed by atoms with E-state index in [2.05, 4.69) is 5.32 Å². The number of rotatable bonds is 5. The maximum absolute atomic E-state index is 12.2. The molecular weight excluding hydrogens is 318 g/mol. The van der Waals surface area contributed by atoms with Gasteiger partial charge in [0.1, 0.15) is 0 Å². The molecule has 128 valence electrons. The van der Waals surface area contributed by atoms with Gasteiger partial charge in [-0.15, -0.1) is 12.4 Å². The molecule has 0 spiro atoms. The summed E-state index contributed by atoms with van der Waals surface area (Å²) >= 11 is 0. The van der Waals surface area contributed by atoms with Gasteiger partial charge in [0, 0.05) is 24.6 Å². The minimum atomic E-state index is -0.574. The van der Waals surface area contributed by atoms with Gasteiger partial charge >= 0.3 is 0 Å². The summed E-state index contributed by atoms with van der Waals surface area (Å²) in [5.74, 6) is 0.235. The topological polar surface area (TPSA) is 98.3 Å². The number of carbonyl (C=O) groups excluding carboxylic acids is 1. The van der Waals surface area contributed by atoms with Crippen LogP contribution in [0.15, 0.2) is 24.3 Å². The molecule has 2 rings (SSSR count). The number of non-ortho nitro benzene ring substituents is 1. The summed E-state index contributed by atoms with van der Waals surface area (Å²) in [5.41, 5.74) is 6.31. The van der Waals surface area contributed by atoms with Gasteiger partial charge < -0.3 is 11.1 Å². The Morgan fingerprint density at radius 1 is 1.35 bits per heavy atom. The molecule has 1 saturated carbocycles. The summed E-state index contributed by atoms with van der Waals surface area (Å²) < 4.78 is 0. The van der Waals surface area contributed by atoms with Crippen molar-refractivity contribution in [3.05, 3.63) is 39.9 Å². The number of nitro benzene ring substituents is 1. The fraction of sp³-hybridized carbons (Fsp3) is 0.562. The molecule has 3 N–H and O–H groups in total. The number of carbonyl (C=O) groups is 1. The molecule has 0 aromatic heterocycles. The second-order valence-corrected chi connectivity index (χ2v) is 6.54. The highest BCUT2D eigenvalue weighted by atomic mass is 35.5. The van der Waals surface area contributed by atoms with Crippen LogP contribution in [0.4, 0.5) is 5.69 Å². The predicted molar refractivity (Wildman–Crippen MR) is 91.4 cm³/mol. The molecule has 1 aromatic carbocycles. The first kappa shape index (κ1) is 19.4. The van der Waals surface area contributed by atoms with Gasteiger partial charge in [0.25, 0.3) is 5.69 Å². The lowest BCUT2D eigenvalue weighted by molar-refractivity contribution is -0.384. The highest BCUT2D eigenvalue weighted by molar-refractivity contribution is 5.85. The van der Waals surface area contributed by atoms with Crippen molar-refractivity contribution in [1.82, 2.24) is 5.32 Å². The van der Waals surface area contributed by atoms with E-state index in [-0.39, 0.29) is 36.0 Å². The Bertz CT molecular complexity index is 560. The molecule has 1 aromatic rings. The van der Waals surface area contributed by atoms with E-state index in [0.29, 0.717) is 6.42 Å². The summed E-state index contributed by atoms with van der Waals surface area (Å²) in [6.07, 6.45) is 3.53. The van der Waals surface area contributed by atoms with Gasteiger partial charge in [-0.25, -0.2) is 0 Å². The smallest absolute Gasteiger partial charge is 0.269 e. The van der Waals surface area contributed by atoms with E-state index in [4.69, 9.17) is 5.73 Å². The Hall–Kier alpha value is -1.66. The number of nitrogens with one attached hydrogen (secondary N) is 1. The van der Waals surface area contributed by atoms with Crippen molar-refractivity contribution in [2.45, 2.75) is 51.1 Å². The van der Waals surface area contributed by atoms with Crippen molar-refractivity contribution >= 4 is 24.0 Å². The lowest BCUT2D eigenvalue weighted by Gasteiger charge is -2.28. The number of hydrogen-bond acceptors (Lipinski definition) is 4. The standard InChI is InChI=1S/C16H23N3O3.ClH/c1-16(2,12-6-8-13(9-7-12)19(21)22)18-15(20)10-11-4-3-5-14(11)17;/h6-9,11,14H,3-5,10,17H2,1-2H3,(H,18,20);1H/t11-,14+;/m0./s1. The van der Waals surface area contributed by atoms with Crippen molar-refractivity contribution in [3.8, 4) is 0 Å². The maximum atomic E-state index is 12.2. The fourth-order valence-corrected chi connectivity index (χ4v) is 3.03. The molecule has 2 atom stereocenters. The van der Waals surface area contributed by atoms with Crippen molar-refractivity contribution in [1.29, 1.82) is 0 Å². The van der Waals surface area contributed by atoms with Crippen LogP contribution < -0.4 is 11.1 Å². The molecule has 1 amide bonds. The molecule has 0 aliphatic heterocycles. The number of nitrogens with two attached hydrogens (primary N) is 1. The second kappa shape index (κ2) is 7.75. The molecule has 1 fully saturated rings. The minimum Gasteiger partial charge on any atom is -0.347 e. The molecule has 0 heterocycles. The van der Waals surface area contributed by atoms with Crippen LogP contribution in [0.1, 0.15) is 45.1 Å². The summed E-state index contributed by atoms with van der Waals surface area (Å²) in [5, 5.41) is 13.7. The van der Waals surface area contributed by atoms with Crippen LogP contribution in [0.25, 0.3) is 0 Å². The quantitative estimate of drug-likeness (QED) is 0.635. The van der Waals surface area contributed by atoms with Gasteiger partial charge in [-0.3, -0.25) is 14.9 Å². The zero-order valence-corrected chi connectivity index (χ0v) is 14.3. The summed E-state index contributed by atoms with van der Waals surface area (Å²) in [7, 11) is 0.